The van der Waals surface area contributed by atoms with Gasteiger partial charge >= 0.3 is 0 Å². The fraction of sp³-hybridized carbons (Fsp3) is 0.0159. The van der Waals surface area contributed by atoms with Gasteiger partial charge < -0.3 is 9.64 Å². The van der Waals surface area contributed by atoms with Crippen LogP contribution in [0.1, 0.15) is 33.4 Å². The molecule has 0 saturated carbocycles. The molecule has 2 aliphatic carbocycles. The Morgan fingerprint density at radius 1 is 0.292 bits per heavy atom. The van der Waals surface area contributed by atoms with Gasteiger partial charge in [-0.15, -0.1) is 0 Å². The molecule has 3 aliphatic rings. The van der Waals surface area contributed by atoms with E-state index in [1.54, 1.807) is 0 Å². The number of fused-ring (bicyclic) bond motifs is 14. The lowest BCUT2D eigenvalue weighted by Gasteiger charge is -2.35. The SMILES string of the molecule is C1=Cc2ccccc2C2(c3ccccc31)c1ccccc1-c1c(-c3ccc(N(c4ccc(-c5ccccc5)cc4)c4ccc5c(c4)-c4ccccc4-c4ccccc4O5)cc3)cccc12. The van der Waals surface area contributed by atoms with Crippen molar-refractivity contribution < 1.29 is 4.74 Å². The molecule has 0 amide bonds. The first-order chi connectivity index (χ1) is 32.2. The summed E-state index contributed by atoms with van der Waals surface area (Å²) in [4.78, 5) is 2.37. The molecule has 2 heteroatoms. The van der Waals surface area contributed by atoms with Gasteiger partial charge in [0.25, 0.3) is 0 Å². The van der Waals surface area contributed by atoms with Crippen LogP contribution in [-0.2, 0) is 5.41 Å². The Balaban J connectivity index is 0.969. The van der Waals surface area contributed by atoms with Crippen molar-refractivity contribution in [2.75, 3.05) is 4.90 Å². The first-order valence-corrected chi connectivity index (χ1v) is 22.4. The van der Waals surface area contributed by atoms with Gasteiger partial charge in [-0.1, -0.05) is 200 Å². The molecular formula is C63H41NO. The van der Waals surface area contributed by atoms with Gasteiger partial charge in [-0.2, -0.15) is 0 Å². The minimum atomic E-state index is -0.476. The van der Waals surface area contributed by atoms with Crippen molar-refractivity contribution in [3.63, 3.8) is 0 Å². The molecular weight excluding hydrogens is 787 g/mol. The first-order valence-electron chi connectivity index (χ1n) is 22.4. The molecule has 1 aliphatic heterocycles. The molecule has 0 radical (unpaired) electrons. The smallest absolute Gasteiger partial charge is 0.135 e. The Hall–Kier alpha value is -8.46. The Labute approximate surface area is 379 Å². The molecule has 0 unspecified atom stereocenters. The van der Waals surface area contributed by atoms with Gasteiger partial charge in [0.1, 0.15) is 11.5 Å². The molecule has 1 heterocycles. The number of hydrogen-bond acceptors (Lipinski definition) is 2. The highest BCUT2D eigenvalue weighted by atomic mass is 16.5. The van der Waals surface area contributed by atoms with Gasteiger partial charge in [0.2, 0.25) is 0 Å². The molecule has 13 rings (SSSR count). The maximum atomic E-state index is 6.69. The summed E-state index contributed by atoms with van der Waals surface area (Å²) in [6, 6.07) is 86.1. The van der Waals surface area contributed by atoms with Gasteiger partial charge in [0, 0.05) is 28.2 Å². The molecule has 2 nitrogen and oxygen atoms in total. The first kappa shape index (κ1) is 37.1. The molecule has 0 N–H and O–H groups in total. The summed E-state index contributed by atoms with van der Waals surface area (Å²) in [6.07, 6.45) is 4.59. The third kappa shape index (κ3) is 5.74. The molecule has 10 aromatic carbocycles. The number of rotatable bonds is 5. The Morgan fingerprint density at radius 2 is 0.769 bits per heavy atom. The highest BCUT2D eigenvalue weighted by Gasteiger charge is 2.49. The number of anilines is 3. The van der Waals surface area contributed by atoms with E-state index >= 15 is 0 Å². The molecule has 0 fully saturated rings. The predicted octanol–water partition coefficient (Wildman–Crippen LogP) is 16.8. The van der Waals surface area contributed by atoms with Crippen molar-refractivity contribution in [3.8, 4) is 67.1 Å². The van der Waals surface area contributed by atoms with E-state index in [1.807, 2.05) is 6.07 Å². The zero-order valence-corrected chi connectivity index (χ0v) is 35.5. The number of hydrogen-bond donors (Lipinski definition) is 0. The van der Waals surface area contributed by atoms with Crippen LogP contribution in [0.15, 0.2) is 237 Å². The van der Waals surface area contributed by atoms with Gasteiger partial charge in [-0.3, -0.25) is 0 Å². The van der Waals surface area contributed by atoms with E-state index in [4.69, 9.17) is 4.74 Å². The second-order valence-electron chi connectivity index (χ2n) is 17.2. The molecule has 10 aromatic rings. The fourth-order valence-corrected chi connectivity index (χ4v) is 10.9. The molecule has 0 saturated heterocycles. The highest BCUT2D eigenvalue weighted by molar-refractivity contribution is 5.98. The number of nitrogens with zero attached hydrogens (tertiary/aromatic N) is 1. The van der Waals surface area contributed by atoms with Crippen molar-refractivity contribution in [2.45, 2.75) is 5.41 Å². The normalized spacial score (nSPS) is 13.1. The van der Waals surface area contributed by atoms with E-state index in [1.165, 1.54) is 66.8 Å². The average Bonchev–Trinajstić information content (AvgIpc) is 3.48. The van der Waals surface area contributed by atoms with E-state index in [-0.39, 0.29) is 0 Å². The van der Waals surface area contributed by atoms with Crippen LogP contribution in [0.25, 0.3) is 67.8 Å². The maximum absolute atomic E-state index is 6.69. The summed E-state index contributed by atoms with van der Waals surface area (Å²) >= 11 is 0. The molecule has 304 valence electrons. The van der Waals surface area contributed by atoms with Crippen LogP contribution >= 0.6 is 0 Å². The molecule has 0 atom stereocenters. The Morgan fingerprint density at radius 3 is 1.46 bits per heavy atom. The van der Waals surface area contributed by atoms with Gasteiger partial charge in [-0.05, 0) is 126 Å². The third-order valence-corrected chi connectivity index (χ3v) is 13.7. The predicted molar refractivity (Wildman–Crippen MR) is 269 cm³/mol. The minimum Gasteiger partial charge on any atom is -0.456 e. The van der Waals surface area contributed by atoms with E-state index in [0.29, 0.717) is 0 Å². The summed E-state index contributed by atoms with van der Waals surface area (Å²) in [7, 11) is 0. The van der Waals surface area contributed by atoms with Crippen LogP contribution in [0.2, 0.25) is 0 Å². The largest absolute Gasteiger partial charge is 0.456 e. The number of para-hydroxylation sites is 1. The lowest BCUT2D eigenvalue weighted by atomic mass is 9.66. The van der Waals surface area contributed by atoms with Crippen LogP contribution in [0, 0.1) is 0 Å². The molecule has 0 aromatic heterocycles. The van der Waals surface area contributed by atoms with Crippen molar-refractivity contribution in [1.82, 2.24) is 0 Å². The lowest BCUT2D eigenvalue weighted by Crippen LogP contribution is -2.29. The Bertz CT molecular complexity index is 3460. The standard InChI is InChI=1S/C63H41NO/c1-2-15-42(16-3-1)43-31-35-47(36-32-43)64(49-39-40-61-55(41-49)52-20-7-6-19-51(52)53-21-9-13-28-60(53)65-61)48-37-33-44(34-38-48)50-23-14-27-59-62(50)54-22-8-12-26-58(54)63(59)56-24-10-4-17-45(56)29-30-46-18-5-11-25-57(46)63/h1-41H. The maximum Gasteiger partial charge on any atom is 0.135 e. The van der Waals surface area contributed by atoms with Gasteiger partial charge in [0.15, 0.2) is 0 Å². The van der Waals surface area contributed by atoms with Crippen molar-refractivity contribution in [2.24, 2.45) is 0 Å². The fourth-order valence-electron chi connectivity index (χ4n) is 10.9. The van der Waals surface area contributed by atoms with E-state index in [2.05, 4.69) is 248 Å². The molecule has 65 heavy (non-hydrogen) atoms. The lowest BCUT2D eigenvalue weighted by molar-refractivity contribution is 0.488. The number of ether oxygens (including phenoxy) is 1. The van der Waals surface area contributed by atoms with Gasteiger partial charge in [-0.25, -0.2) is 0 Å². The third-order valence-electron chi connectivity index (χ3n) is 13.7. The minimum absolute atomic E-state index is 0.476. The summed E-state index contributed by atoms with van der Waals surface area (Å²) in [5.74, 6) is 1.70. The second-order valence-corrected chi connectivity index (χ2v) is 17.2. The summed E-state index contributed by atoms with van der Waals surface area (Å²) in [5.41, 5.74) is 22.3. The molecule has 0 bridgehead atoms. The average molecular weight is 828 g/mol. The summed E-state index contributed by atoms with van der Waals surface area (Å²) in [6.45, 7) is 0. The Kier molecular flexibility index (Phi) is 8.47. The van der Waals surface area contributed by atoms with Crippen LogP contribution < -0.4 is 9.64 Å². The van der Waals surface area contributed by atoms with Crippen molar-refractivity contribution in [3.05, 3.63) is 270 Å². The van der Waals surface area contributed by atoms with Crippen LogP contribution in [0.3, 0.4) is 0 Å². The summed E-state index contributed by atoms with van der Waals surface area (Å²) in [5, 5.41) is 0. The monoisotopic (exact) mass is 827 g/mol. The van der Waals surface area contributed by atoms with Crippen LogP contribution in [0.5, 0.6) is 11.5 Å². The van der Waals surface area contributed by atoms with Crippen LogP contribution in [0.4, 0.5) is 17.1 Å². The highest BCUT2D eigenvalue weighted by Crippen LogP contribution is 2.60. The zero-order chi connectivity index (χ0) is 42.9. The van der Waals surface area contributed by atoms with Crippen LogP contribution in [-0.4, -0.2) is 0 Å². The van der Waals surface area contributed by atoms with Crippen molar-refractivity contribution >= 4 is 29.2 Å². The quantitative estimate of drug-likeness (QED) is 0.171. The topological polar surface area (TPSA) is 12.5 Å². The van der Waals surface area contributed by atoms with E-state index < -0.39 is 5.41 Å². The van der Waals surface area contributed by atoms with E-state index in [0.717, 1.165) is 50.8 Å². The van der Waals surface area contributed by atoms with Gasteiger partial charge in [0.05, 0.1) is 5.41 Å². The summed E-state index contributed by atoms with van der Waals surface area (Å²) < 4.78 is 6.69. The molecule has 1 spiro atoms. The second kappa shape index (κ2) is 14.8. The zero-order valence-electron chi connectivity index (χ0n) is 35.5. The number of benzene rings is 10. The van der Waals surface area contributed by atoms with E-state index in [9.17, 15) is 0 Å². The van der Waals surface area contributed by atoms with Crippen molar-refractivity contribution in [1.29, 1.82) is 0 Å².